The molecule has 112 valence electrons. The van der Waals surface area contributed by atoms with E-state index in [1.54, 1.807) is 13.3 Å². The molecule has 1 unspecified atom stereocenters. The van der Waals surface area contributed by atoms with Crippen molar-refractivity contribution in [3.63, 3.8) is 0 Å². The molecule has 2 rings (SSSR count). The zero-order valence-electron chi connectivity index (χ0n) is 12.8. The van der Waals surface area contributed by atoms with Crippen LogP contribution < -0.4 is 10.1 Å². The topological polar surface area (TPSA) is 43.4 Å². The van der Waals surface area contributed by atoms with Crippen molar-refractivity contribution in [3.8, 4) is 11.5 Å². The van der Waals surface area contributed by atoms with E-state index in [2.05, 4.69) is 17.2 Å². The van der Waals surface area contributed by atoms with Gasteiger partial charge >= 0.3 is 0 Å². The molecule has 0 bridgehead atoms. The normalized spacial score (nSPS) is 12.1. The van der Waals surface area contributed by atoms with Crippen LogP contribution in [0.2, 0.25) is 0 Å². The Morgan fingerprint density at radius 1 is 1.19 bits per heavy atom. The minimum absolute atomic E-state index is 0.282. The van der Waals surface area contributed by atoms with Crippen LogP contribution in [0.3, 0.4) is 0 Å². The smallest absolute Gasteiger partial charge is 0.145 e. The first kappa shape index (κ1) is 15.5. The maximum Gasteiger partial charge on any atom is 0.145 e. The third kappa shape index (κ3) is 4.28. The van der Waals surface area contributed by atoms with Gasteiger partial charge in [-0.2, -0.15) is 0 Å². The van der Waals surface area contributed by atoms with E-state index in [1.807, 2.05) is 43.4 Å². The van der Waals surface area contributed by atoms with E-state index in [1.165, 1.54) is 0 Å². The molecule has 0 aliphatic heterocycles. The number of nitrogens with zero attached hydrogens (tertiary/aromatic N) is 1. The summed E-state index contributed by atoms with van der Waals surface area (Å²) in [4.78, 5) is 4.46. The van der Waals surface area contributed by atoms with Crippen molar-refractivity contribution < 1.29 is 9.47 Å². The molecular formula is C17H22N2O2. The van der Waals surface area contributed by atoms with Crippen molar-refractivity contribution in [2.24, 2.45) is 0 Å². The van der Waals surface area contributed by atoms with Gasteiger partial charge in [-0.05, 0) is 43.3 Å². The summed E-state index contributed by atoms with van der Waals surface area (Å²) in [6.07, 6.45) is 2.76. The lowest BCUT2D eigenvalue weighted by Gasteiger charge is -2.13. The van der Waals surface area contributed by atoms with Crippen LogP contribution in [0.25, 0.3) is 0 Å². The first-order chi connectivity index (χ1) is 10.3. The SMILES string of the molecule is CCC(NC)c1ccc(Oc2cccc(COC)c2)cn1. The number of hydrogen-bond donors (Lipinski definition) is 1. The summed E-state index contributed by atoms with van der Waals surface area (Å²) in [5.41, 5.74) is 2.11. The number of methoxy groups -OCH3 is 1. The van der Waals surface area contributed by atoms with Crippen LogP contribution in [0.15, 0.2) is 42.6 Å². The van der Waals surface area contributed by atoms with Crippen molar-refractivity contribution in [1.82, 2.24) is 10.3 Å². The quantitative estimate of drug-likeness (QED) is 0.843. The van der Waals surface area contributed by atoms with Gasteiger partial charge in [0.25, 0.3) is 0 Å². The third-order valence-electron chi connectivity index (χ3n) is 3.32. The van der Waals surface area contributed by atoms with Gasteiger partial charge < -0.3 is 14.8 Å². The summed E-state index contributed by atoms with van der Waals surface area (Å²) in [5.74, 6) is 1.53. The number of aromatic nitrogens is 1. The van der Waals surface area contributed by atoms with Crippen LogP contribution in [0.4, 0.5) is 0 Å². The molecule has 1 aromatic heterocycles. The molecule has 0 aliphatic carbocycles. The van der Waals surface area contributed by atoms with E-state index in [9.17, 15) is 0 Å². The average Bonchev–Trinajstić information content (AvgIpc) is 2.51. The van der Waals surface area contributed by atoms with Crippen molar-refractivity contribution in [2.75, 3.05) is 14.2 Å². The maximum absolute atomic E-state index is 5.83. The fourth-order valence-corrected chi connectivity index (χ4v) is 2.22. The van der Waals surface area contributed by atoms with Gasteiger partial charge in [-0.15, -0.1) is 0 Å². The standard InChI is InChI=1S/C17H22N2O2/c1-4-16(18-2)17-9-8-15(11-19-17)21-14-7-5-6-13(10-14)12-20-3/h5-11,16,18H,4,12H2,1-3H3. The van der Waals surface area contributed by atoms with Gasteiger partial charge in [-0.3, -0.25) is 4.98 Å². The minimum atomic E-state index is 0.282. The summed E-state index contributed by atoms with van der Waals surface area (Å²) in [6, 6.07) is 12.1. The van der Waals surface area contributed by atoms with Crippen LogP contribution in [0.5, 0.6) is 11.5 Å². The number of nitrogens with one attached hydrogen (secondary N) is 1. The lowest BCUT2D eigenvalue weighted by Crippen LogP contribution is -2.16. The number of pyridine rings is 1. The molecule has 0 radical (unpaired) electrons. The Bertz CT molecular complexity index is 551. The monoisotopic (exact) mass is 286 g/mol. The van der Waals surface area contributed by atoms with Gasteiger partial charge in [0.1, 0.15) is 11.5 Å². The second-order valence-corrected chi connectivity index (χ2v) is 4.85. The molecule has 2 aromatic rings. The minimum Gasteiger partial charge on any atom is -0.456 e. The van der Waals surface area contributed by atoms with Gasteiger partial charge in [0.05, 0.1) is 18.5 Å². The van der Waals surface area contributed by atoms with E-state index in [0.717, 1.165) is 29.2 Å². The molecule has 0 spiro atoms. The Morgan fingerprint density at radius 2 is 2.05 bits per heavy atom. The Morgan fingerprint density at radius 3 is 2.67 bits per heavy atom. The van der Waals surface area contributed by atoms with Gasteiger partial charge in [0.15, 0.2) is 0 Å². The molecule has 0 saturated carbocycles. The molecule has 4 heteroatoms. The van der Waals surface area contributed by atoms with E-state index in [0.29, 0.717) is 6.61 Å². The largest absolute Gasteiger partial charge is 0.456 e. The molecule has 0 aliphatic rings. The van der Waals surface area contributed by atoms with Crippen molar-refractivity contribution in [2.45, 2.75) is 26.0 Å². The van der Waals surface area contributed by atoms with Gasteiger partial charge in [-0.1, -0.05) is 19.1 Å². The molecule has 4 nitrogen and oxygen atoms in total. The maximum atomic E-state index is 5.83. The van der Waals surface area contributed by atoms with Crippen LogP contribution in [-0.2, 0) is 11.3 Å². The number of ether oxygens (including phenoxy) is 2. The fourth-order valence-electron chi connectivity index (χ4n) is 2.22. The van der Waals surface area contributed by atoms with Crippen molar-refractivity contribution in [1.29, 1.82) is 0 Å². The molecular weight excluding hydrogens is 264 g/mol. The Labute approximate surface area is 126 Å². The van der Waals surface area contributed by atoms with Crippen LogP contribution in [-0.4, -0.2) is 19.1 Å². The highest BCUT2D eigenvalue weighted by molar-refractivity contribution is 5.33. The molecule has 0 fully saturated rings. The van der Waals surface area contributed by atoms with Gasteiger partial charge in [0, 0.05) is 13.2 Å². The van der Waals surface area contributed by atoms with E-state index >= 15 is 0 Å². The predicted molar refractivity (Wildman–Crippen MR) is 83.6 cm³/mol. The lowest BCUT2D eigenvalue weighted by atomic mass is 10.1. The first-order valence-electron chi connectivity index (χ1n) is 7.15. The zero-order chi connectivity index (χ0) is 15.1. The Balaban J connectivity index is 2.08. The second-order valence-electron chi connectivity index (χ2n) is 4.85. The van der Waals surface area contributed by atoms with E-state index < -0.39 is 0 Å². The predicted octanol–water partition coefficient (Wildman–Crippen LogP) is 3.69. The third-order valence-corrected chi connectivity index (χ3v) is 3.32. The fraction of sp³-hybridized carbons (Fsp3) is 0.353. The lowest BCUT2D eigenvalue weighted by molar-refractivity contribution is 0.184. The van der Waals surface area contributed by atoms with Crippen molar-refractivity contribution >= 4 is 0 Å². The molecule has 1 aromatic carbocycles. The molecule has 1 N–H and O–H groups in total. The summed E-state index contributed by atoms with van der Waals surface area (Å²) < 4.78 is 11.0. The zero-order valence-corrected chi connectivity index (χ0v) is 12.8. The summed E-state index contributed by atoms with van der Waals surface area (Å²) in [6.45, 7) is 2.71. The molecule has 0 amide bonds. The Kier molecular flexibility index (Phi) is 5.72. The van der Waals surface area contributed by atoms with Crippen LogP contribution >= 0.6 is 0 Å². The highest BCUT2D eigenvalue weighted by Gasteiger charge is 2.08. The molecule has 0 saturated heterocycles. The summed E-state index contributed by atoms with van der Waals surface area (Å²) >= 11 is 0. The summed E-state index contributed by atoms with van der Waals surface area (Å²) in [7, 11) is 3.63. The highest BCUT2D eigenvalue weighted by Crippen LogP contribution is 2.23. The second kappa shape index (κ2) is 7.76. The average molecular weight is 286 g/mol. The van der Waals surface area contributed by atoms with Crippen LogP contribution in [0.1, 0.15) is 30.6 Å². The number of rotatable bonds is 7. The Hall–Kier alpha value is -1.91. The van der Waals surface area contributed by atoms with Crippen molar-refractivity contribution in [3.05, 3.63) is 53.9 Å². The summed E-state index contributed by atoms with van der Waals surface area (Å²) in [5, 5.41) is 3.24. The van der Waals surface area contributed by atoms with Gasteiger partial charge in [-0.25, -0.2) is 0 Å². The number of hydrogen-bond acceptors (Lipinski definition) is 4. The molecule has 21 heavy (non-hydrogen) atoms. The van der Waals surface area contributed by atoms with Gasteiger partial charge in [0.2, 0.25) is 0 Å². The van der Waals surface area contributed by atoms with E-state index in [-0.39, 0.29) is 6.04 Å². The number of benzene rings is 1. The highest BCUT2D eigenvalue weighted by atomic mass is 16.5. The van der Waals surface area contributed by atoms with E-state index in [4.69, 9.17) is 9.47 Å². The molecule has 1 heterocycles. The van der Waals surface area contributed by atoms with Crippen LogP contribution in [0, 0.1) is 0 Å². The first-order valence-corrected chi connectivity index (χ1v) is 7.15. The molecule has 1 atom stereocenters.